The first-order valence-electron chi connectivity index (χ1n) is 5.89. The fourth-order valence-electron chi connectivity index (χ4n) is 1.22. The predicted molar refractivity (Wildman–Crippen MR) is 71.8 cm³/mol. The van der Waals surface area contributed by atoms with Gasteiger partial charge in [-0.25, -0.2) is 9.78 Å². The zero-order valence-electron chi connectivity index (χ0n) is 11.0. The maximum absolute atomic E-state index is 11.2. The number of hydrogen-bond acceptors (Lipinski definition) is 5. The summed E-state index contributed by atoms with van der Waals surface area (Å²) in [5.74, 6) is 1.33. The smallest absolute Gasteiger partial charge is 0.316 e. The molecule has 0 aliphatic rings. The molecule has 0 atom stereocenters. The van der Waals surface area contributed by atoms with Crippen LogP contribution in [0.25, 0.3) is 0 Å². The number of hydrogen-bond donors (Lipinski definition) is 3. The van der Waals surface area contributed by atoms with E-state index in [4.69, 9.17) is 0 Å². The number of carbonyl (C=O) groups is 1. The summed E-state index contributed by atoms with van der Waals surface area (Å²) in [5, 5.41) is 8.90. The Morgan fingerprint density at radius 2 is 2.11 bits per heavy atom. The van der Waals surface area contributed by atoms with Crippen LogP contribution < -0.4 is 16.0 Å². The second kappa shape index (κ2) is 7.31. The van der Waals surface area contributed by atoms with Gasteiger partial charge < -0.3 is 20.9 Å². The third kappa shape index (κ3) is 4.86. The van der Waals surface area contributed by atoms with Gasteiger partial charge in [0.05, 0.1) is 0 Å². The van der Waals surface area contributed by atoms with Crippen LogP contribution in [-0.4, -0.2) is 54.6 Å². The quantitative estimate of drug-likeness (QED) is 0.646. The van der Waals surface area contributed by atoms with Gasteiger partial charge in [0.1, 0.15) is 5.82 Å². The number of rotatable bonds is 6. The molecule has 1 aromatic heterocycles. The summed E-state index contributed by atoms with van der Waals surface area (Å²) in [5.41, 5.74) is 0. The molecule has 0 aromatic carbocycles. The van der Waals surface area contributed by atoms with E-state index >= 15 is 0 Å². The van der Waals surface area contributed by atoms with Crippen molar-refractivity contribution < 1.29 is 4.79 Å². The third-order valence-electron chi connectivity index (χ3n) is 2.10. The van der Waals surface area contributed by atoms with Crippen molar-refractivity contribution >= 4 is 17.8 Å². The maximum Gasteiger partial charge on any atom is 0.316 e. The van der Waals surface area contributed by atoms with Gasteiger partial charge in [-0.3, -0.25) is 0 Å². The number of anilines is 2. The summed E-state index contributed by atoms with van der Waals surface area (Å²) in [6, 6.07) is 1.68. The molecule has 2 amide bonds. The molecule has 0 aliphatic heterocycles. The first-order chi connectivity index (χ1) is 8.63. The first kappa shape index (κ1) is 14.0. The molecule has 0 saturated carbocycles. The molecule has 0 aliphatic carbocycles. The normalized spacial score (nSPS) is 9.72. The number of aromatic nitrogens is 2. The molecule has 1 heterocycles. The summed E-state index contributed by atoms with van der Waals surface area (Å²) in [6.07, 6.45) is 1.69. The topological polar surface area (TPSA) is 82.2 Å². The van der Waals surface area contributed by atoms with E-state index in [-0.39, 0.29) is 6.03 Å². The minimum Gasteiger partial charge on any atom is -0.368 e. The van der Waals surface area contributed by atoms with Gasteiger partial charge in [0, 0.05) is 39.9 Å². The first-order valence-corrected chi connectivity index (χ1v) is 5.89. The van der Waals surface area contributed by atoms with Crippen molar-refractivity contribution in [3.05, 3.63) is 12.3 Å². The Hall–Kier alpha value is -2.05. The minimum atomic E-state index is -0.104. The Labute approximate surface area is 107 Å². The molecule has 100 valence electrons. The van der Waals surface area contributed by atoms with E-state index in [0.717, 1.165) is 12.4 Å². The lowest BCUT2D eigenvalue weighted by Gasteiger charge is -2.12. The molecule has 0 unspecified atom stereocenters. The van der Waals surface area contributed by atoms with Crippen LogP contribution in [0.5, 0.6) is 0 Å². The van der Waals surface area contributed by atoms with Crippen LogP contribution in [0.2, 0.25) is 0 Å². The molecule has 0 radical (unpaired) electrons. The monoisotopic (exact) mass is 252 g/mol. The average Bonchev–Trinajstić information content (AvgIpc) is 2.35. The number of urea groups is 1. The van der Waals surface area contributed by atoms with E-state index in [1.165, 1.54) is 4.90 Å². The number of nitrogens with one attached hydrogen (secondary N) is 3. The lowest BCUT2D eigenvalue weighted by Crippen LogP contribution is -2.37. The summed E-state index contributed by atoms with van der Waals surface area (Å²) in [6.45, 7) is 3.92. The van der Waals surface area contributed by atoms with E-state index in [1.807, 2.05) is 6.92 Å². The molecule has 3 N–H and O–H groups in total. The van der Waals surface area contributed by atoms with Gasteiger partial charge in [-0.1, -0.05) is 0 Å². The summed E-state index contributed by atoms with van der Waals surface area (Å²) in [7, 11) is 3.41. The van der Waals surface area contributed by atoms with Gasteiger partial charge in [0.2, 0.25) is 5.95 Å². The van der Waals surface area contributed by atoms with Gasteiger partial charge >= 0.3 is 6.03 Å². The molecule has 0 bridgehead atoms. The van der Waals surface area contributed by atoms with Gasteiger partial charge in [-0.2, -0.15) is 4.98 Å². The highest BCUT2D eigenvalue weighted by Gasteiger charge is 2.01. The van der Waals surface area contributed by atoms with E-state index in [9.17, 15) is 4.79 Å². The highest BCUT2D eigenvalue weighted by atomic mass is 16.2. The predicted octanol–water partition coefficient (Wildman–Crippen LogP) is 0.591. The molecule has 7 nitrogen and oxygen atoms in total. The molecule has 7 heteroatoms. The fraction of sp³-hybridized carbons (Fsp3) is 0.545. The van der Waals surface area contributed by atoms with Crippen LogP contribution in [-0.2, 0) is 0 Å². The highest BCUT2D eigenvalue weighted by Crippen LogP contribution is 2.04. The lowest BCUT2D eigenvalue weighted by atomic mass is 10.5. The van der Waals surface area contributed by atoms with Crippen LogP contribution in [0, 0.1) is 0 Å². The average molecular weight is 252 g/mol. The molecule has 0 spiro atoms. The van der Waals surface area contributed by atoms with Crippen molar-refractivity contribution in [2.24, 2.45) is 0 Å². The molecular weight excluding hydrogens is 232 g/mol. The van der Waals surface area contributed by atoms with Crippen molar-refractivity contribution in [2.75, 3.05) is 44.4 Å². The Kier molecular flexibility index (Phi) is 5.69. The SMILES string of the molecule is CCNc1nccc(NCCNC(=O)N(C)C)n1. The van der Waals surface area contributed by atoms with Crippen LogP contribution in [0.15, 0.2) is 12.3 Å². The minimum absolute atomic E-state index is 0.104. The van der Waals surface area contributed by atoms with Crippen LogP contribution in [0.1, 0.15) is 6.92 Å². The molecule has 1 rings (SSSR count). The third-order valence-corrected chi connectivity index (χ3v) is 2.10. The van der Waals surface area contributed by atoms with Crippen LogP contribution in [0.4, 0.5) is 16.6 Å². The van der Waals surface area contributed by atoms with Gasteiger partial charge in [0.15, 0.2) is 0 Å². The number of amides is 2. The summed E-state index contributed by atoms with van der Waals surface area (Å²) < 4.78 is 0. The van der Waals surface area contributed by atoms with Gasteiger partial charge in [-0.05, 0) is 13.0 Å². The Morgan fingerprint density at radius 3 is 2.78 bits per heavy atom. The Balaban J connectivity index is 2.30. The van der Waals surface area contributed by atoms with Crippen LogP contribution in [0.3, 0.4) is 0 Å². The van der Waals surface area contributed by atoms with Gasteiger partial charge in [-0.15, -0.1) is 0 Å². The Morgan fingerprint density at radius 1 is 1.33 bits per heavy atom. The molecular formula is C11H20N6O. The number of carbonyl (C=O) groups excluding carboxylic acids is 1. The molecule has 0 saturated heterocycles. The Bertz CT molecular complexity index is 382. The van der Waals surface area contributed by atoms with Crippen molar-refractivity contribution in [2.45, 2.75) is 6.92 Å². The lowest BCUT2D eigenvalue weighted by molar-refractivity contribution is 0.218. The zero-order chi connectivity index (χ0) is 13.4. The van der Waals surface area contributed by atoms with Crippen LogP contribution >= 0.6 is 0 Å². The van der Waals surface area contributed by atoms with E-state index in [1.54, 1.807) is 26.4 Å². The summed E-state index contributed by atoms with van der Waals surface area (Å²) in [4.78, 5) is 21.1. The van der Waals surface area contributed by atoms with Crippen molar-refractivity contribution in [3.63, 3.8) is 0 Å². The molecule has 1 aromatic rings. The standard InChI is InChI=1S/C11H20N6O/c1-4-12-10-14-6-5-9(16-10)13-7-8-15-11(18)17(2)3/h5-6H,4,7-8H2,1-3H3,(H,15,18)(H2,12,13,14,16). The van der Waals surface area contributed by atoms with Crippen molar-refractivity contribution in [1.29, 1.82) is 0 Å². The highest BCUT2D eigenvalue weighted by molar-refractivity contribution is 5.73. The molecule has 18 heavy (non-hydrogen) atoms. The van der Waals surface area contributed by atoms with E-state index < -0.39 is 0 Å². The number of nitrogens with zero attached hydrogens (tertiary/aromatic N) is 3. The second-order valence-electron chi connectivity index (χ2n) is 3.85. The fourth-order valence-corrected chi connectivity index (χ4v) is 1.22. The maximum atomic E-state index is 11.2. The van der Waals surface area contributed by atoms with Crippen molar-refractivity contribution in [1.82, 2.24) is 20.2 Å². The second-order valence-corrected chi connectivity index (χ2v) is 3.85. The van der Waals surface area contributed by atoms with Crippen molar-refractivity contribution in [3.8, 4) is 0 Å². The molecule has 0 fully saturated rings. The van der Waals surface area contributed by atoms with Gasteiger partial charge in [0.25, 0.3) is 0 Å². The van der Waals surface area contributed by atoms with E-state index in [2.05, 4.69) is 25.9 Å². The summed E-state index contributed by atoms with van der Waals surface area (Å²) >= 11 is 0. The zero-order valence-corrected chi connectivity index (χ0v) is 11.0. The van der Waals surface area contributed by atoms with E-state index in [0.29, 0.717) is 19.0 Å². The largest absolute Gasteiger partial charge is 0.368 e.